The van der Waals surface area contributed by atoms with Crippen LogP contribution in [0.15, 0.2) is 48.5 Å². The van der Waals surface area contributed by atoms with E-state index >= 15 is 0 Å². The average Bonchev–Trinajstić information content (AvgIpc) is 3.04. The average molecular weight is 639 g/mol. The molecule has 0 aliphatic carbocycles. The first-order valence-corrected chi connectivity index (χ1v) is 18.3. The van der Waals surface area contributed by atoms with Crippen molar-refractivity contribution in [1.82, 2.24) is 0 Å². The molecule has 2 aromatic carbocycles. The van der Waals surface area contributed by atoms with E-state index in [0.29, 0.717) is 24.3 Å². The third-order valence-electron chi connectivity index (χ3n) is 9.09. The molecule has 0 atom stereocenters. The van der Waals surface area contributed by atoms with E-state index in [2.05, 4.69) is 42.0 Å². The fourth-order valence-electron chi connectivity index (χ4n) is 5.94. The van der Waals surface area contributed by atoms with Crippen LogP contribution in [-0.2, 0) is 9.47 Å². The number of carbonyl (C=O) groups is 2. The first kappa shape index (κ1) is 39.5. The molecular weight excluding hydrogens is 572 g/mol. The summed E-state index contributed by atoms with van der Waals surface area (Å²) in [6.45, 7) is 9.72. The van der Waals surface area contributed by atoms with E-state index in [4.69, 9.17) is 9.47 Å². The van der Waals surface area contributed by atoms with E-state index in [9.17, 15) is 9.59 Å². The van der Waals surface area contributed by atoms with Gasteiger partial charge >= 0.3 is 11.9 Å². The predicted molar refractivity (Wildman–Crippen MR) is 192 cm³/mol. The minimum Gasteiger partial charge on any atom is -0.462 e. The Morgan fingerprint density at radius 3 is 1.11 bits per heavy atom. The third kappa shape index (κ3) is 16.7. The second kappa shape index (κ2) is 22.0. The standard InChI is InChI=1S/C40H66N2O4/c1-7-9-11-13-15-17-29-41(3,4)31-19-33-45-39(43)37-25-21-35(22-26-37)36-23-27-38(28-24-36)40(44)46-34-20-32-42(5,6)30-18-16-14-12-10-8-2/h21-28H,7-20,29-34H2,1-6H3/q+2. The van der Waals surface area contributed by atoms with Crippen molar-refractivity contribution in [3.8, 4) is 11.1 Å². The lowest BCUT2D eigenvalue weighted by Crippen LogP contribution is -2.41. The second-order valence-corrected chi connectivity index (χ2v) is 14.4. The number of esters is 2. The van der Waals surface area contributed by atoms with Crippen molar-refractivity contribution in [2.75, 3.05) is 67.6 Å². The lowest BCUT2D eigenvalue weighted by atomic mass is 10.0. The van der Waals surface area contributed by atoms with Crippen LogP contribution < -0.4 is 0 Å². The first-order valence-electron chi connectivity index (χ1n) is 18.3. The molecule has 258 valence electrons. The van der Waals surface area contributed by atoms with Crippen molar-refractivity contribution in [3.05, 3.63) is 59.7 Å². The smallest absolute Gasteiger partial charge is 0.338 e. The Morgan fingerprint density at radius 1 is 0.457 bits per heavy atom. The number of unbranched alkanes of at least 4 members (excludes halogenated alkanes) is 10. The number of nitrogens with zero attached hydrogens (tertiary/aromatic N) is 2. The molecule has 0 saturated heterocycles. The molecule has 0 heterocycles. The second-order valence-electron chi connectivity index (χ2n) is 14.4. The number of hydrogen-bond donors (Lipinski definition) is 0. The molecule has 0 fully saturated rings. The van der Waals surface area contributed by atoms with E-state index in [1.165, 1.54) is 90.1 Å². The third-order valence-corrected chi connectivity index (χ3v) is 9.09. The highest BCUT2D eigenvalue weighted by Gasteiger charge is 2.17. The van der Waals surface area contributed by atoms with Gasteiger partial charge in [-0.2, -0.15) is 0 Å². The van der Waals surface area contributed by atoms with Crippen LogP contribution in [0, 0.1) is 0 Å². The zero-order valence-electron chi connectivity index (χ0n) is 30.3. The molecule has 2 aromatic rings. The molecule has 0 unspecified atom stereocenters. The molecule has 0 saturated carbocycles. The molecule has 0 amide bonds. The maximum Gasteiger partial charge on any atom is 0.338 e. The topological polar surface area (TPSA) is 52.6 Å². The summed E-state index contributed by atoms with van der Waals surface area (Å²) in [6.07, 6.45) is 17.5. The van der Waals surface area contributed by atoms with Crippen LogP contribution >= 0.6 is 0 Å². The number of rotatable bonds is 25. The molecule has 0 aliphatic heterocycles. The van der Waals surface area contributed by atoms with Crippen LogP contribution in [0.3, 0.4) is 0 Å². The summed E-state index contributed by atoms with van der Waals surface area (Å²) in [5.74, 6) is -0.564. The molecule has 2 rings (SSSR count). The predicted octanol–water partition coefficient (Wildman–Crippen LogP) is 9.32. The van der Waals surface area contributed by atoms with Gasteiger partial charge in [0.1, 0.15) is 0 Å². The summed E-state index contributed by atoms with van der Waals surface area (Å²) < 4.78 is 13.1. The Bertz CT molecular complexity index is 1020. The minimum atomic E-state index is -0.282. The number of ether oxygens (including phenoxy) is 2. The van der Waals surface area contributed by atoms with Crippen LogP contribution in [-0.4, -0.2) is 88.5 Å². The number of benzene rings is 2. The lowest BCUT2D eigenvalue weighted by molar-refractivity contribution is -0.890. The van der Waals surface area contributed by atoms with Gasteiger partial charge in [0.2, 0.25) is 0 Å². The van der Waals surface area contributed by atoms with Gasteiger partial charge < -0.3 is 18.4 Å². The van der Waals surface area contributed by atoms with E-state index in [1.807, 2.05) is 48.5 Å². The Kier molecular flexibility index (Phi) is 18.9. The summed E-state index contributed by atoms with van der Waals surface area (Å²) in [5.41, 5.74) is 3.07. The van der Waals surface area contributed by atoms with Crippen LogP contribution in [0.5, 0.6) is 0 Å². The Balaban J connectivity index is 1.68. The summed E-state index contributed by atoms with van der Waals surface area (Å²) in [5, 5.41) is 0. The van der Waals surface area contributed by atoms with Gasteiger partial charge in [-0.1, -0.05) is 89.5 Å². The molecule has 6 nitrogen and oxygen atoms in total. The van der Waals surface area contributed by atoms with Crippen molar-refractivity contribution in [2.24, 2.45) is 0 Å². The van der Waals surface area contributed by atoms with Crippen molar-refractivity contribution < 1.29 is 28.0 Å². The number of quaternary nitrogens is 2. The number of hydrogen-bond acceptors (Lipinski definition) is 4. The van der Waals surface area contributed by atoms with Gasteiger partial charge in [0.15, 0.2) is 0 Å². The molecule has 0 aliphatic rings. The molecule has 0 bridgehead atoms. The van der Waals surface area contributed by atoms with Gasteiger partial charge in [-0.25, -0.2) is 9.59 Å². The van der Waals surface area contributed by atoms with Gasteiger partial charge in [0.05, 0.1) is 78.7 Å². The molecule has 46 heavy (non-hydrogen) atoms. The molecule has 0 aromatic heterocycles. The van der Waals surface area contributed by atoms with Crippen LogP contribution in [0.4, 0.5) is 0 Å². The maximum absolute atomic E-state index is 12.6. The molecule has 6 heteroatoms. The van der Waals surface area contributed by atoms with Gasteiger partial charge in [0.25, 0.3) is 0 Å². The minimum absolute atomic E-state index is 0.282. The summed E-state index contributed by atoms with van der Waals surface area (Å²) in [7, 11) is 9.06. The maximum atomic E-state index is 12.6. The number of carbonyl (C=O) groups excluding carboxylic acids is 2. The fraction of sp³-hybridized carbons (Fsp3) is 0.650. The zero-order chi connectivity index (χ0) is 33.7. The van der Waals surface area contributed by atoms with Crippen molar-refractivity contribution in [2.45, 2.75) is 104 Å². The molecule has 0 spiro atoms. The van der Waals surface area contributed by atoms with Crippen LogP contribution in [0.1, 0.15) is 124 Å². The molecule has 0 radical (unpaired) electrons. The quantitative estimate of drug-likeness (QED) is 0.0618. The Hall–Kier alpha value is -2.70. The largest absolute Gasteiger partial charge is 0.462 e. The van der Waals surface area contributed by atoms with Gasteiger partial charge in [-0.05, 0) is 61.1 Å². The normalized spacial score (nSPS) is 11.9. The lowest BCUT2D eigenvalue weighted by Gasteiger charge is -2.29. The Labute approximate surface area is 281 Å². The van der Waals surface area contributed by atoms with Crippen molar-refractivity contribution in [1.29, 1.82) is 0 Å². The van der Waals surface area contributed by atoms with Crippen LogP contribution in [0.25, 0.3) is 11.1 Å². The van der Waals surface area contributed by atoms with Crippen molar-refractivity contribution >= 4 is 11.9 Å². The van der Waals surface area contributed by atoms with E-state index in [0.717, 1.165) is 46.0 Å². The first-order chi connectivity index (χ1) is 22.1. The highest BCUT2D eigenvalue weighted by Crippen LogP contribution is 2.21. The van der Waals surface area contributed by atoms with Gasteiger partial charge in [0, 0.05) is 12.8 Å². The van der Waals surface area contributed by atoms with Gasteiger partial charge in [-0.15, -0.1) is 0 Å². The zero-order valence-corrected chi connectivity index (χ0v) is 30.3. The monoisotopic (exact) mass is 639 g/mol. The molecule has 0 N–H and O–H groups in total. The van der Waals surface area contributed by atoms with Crippen molar-refractivity contribution in [3.63, 3.8) is 0 Å². The van der Waals surface area contributed by atoms with Crippen LogP contribution in [0.2, 0.25) is 0 Å². The fourth-order valence-corrected chi connectivity index (χ4v) is 5.94. The summed E-state index contributed by atoms with van der Waals surface area (Å²) in [4.78, 5) is 25.2. The van der Waals surface area contributed by atoms with E-state index in [-0.39, 0.29) is 11.9 Å². The summed E-state index contributed by atoms with van der Waals surface area (Å²) >= 11 is 0. The highest BCUT2D eigenvalue weighted by molar-refractivity contribution is 5.91. The van der Waals surface area contributed by atoms with Gasteiger partial charge in [-0.3, -0.25) is 0 Å². The SMILES string of the molecule is CCCCCCCC[N+](C)(C)CCCOC(=O)c1ccc(-c2ccc(C(=O)OCCC[N+](C)(C)CCCCCCCC)cc2)cc1. The summed E-state index contributed by atoms with van der Waals surface area (Å²) in [6, 6.07) is 14.9. The van der Waals surface area contributed by atoms with E-state index < -0.39 is 0 Å². The Morgan fingerprint density at radius 2 is 0.761 bits per heavy atom. The molecular formula is C40H66N2O4+2. The highest BCUT2D eigenvalue weighted by atomic mass is 16.5. The van der Waals surface area contributed by atoms with E-state index in [1.54, 1.807) is 0 Å².